The second kappa shape index (κ2) is 5.34. The Morgan fingerprint density at radius 3 is 2.57 bits per heavy atom. The number of ketones is 1. The van der Waals surface area contributed by atoms with Crippen molar-refractivity contribution in [1.82, 2.24) is 0 Å². The molecule has 0 amide bonds. The molecule has 0 heterocycles. The zero-order chi connectivity index (χ0) is 15.8. The van der Waals surface area contributed by atoms with Gasteiger partial charge in [-0.2, -0.15) is 13.2 Å². The van der Waals surface area contributed by atoms with E-state index in [1.54, 1.807) is 6.92 Å². The maximum absolute atomic E-state index is 11.7. The maximum atomic E-state index is 11.7. The van der Waals surface area contributed by atoms with Crippen molar-refractivity contribution in [2.45, 2.75) is 19.4 Å². The number of fused-ring (bicyclic) bond motifs is 1. The van der Waals surface area contributed by atoms with Crippen LogP contribution in [-0.4, -0.2) is 40.5 Å². The predicted octanol–water partition coefficient (Wildman–Crippen LogP) is 0.901. The normalized spacial score (nSPS) is 17.8. The Labute approximate surface area is 120 Å². The van der Waals surface area contributed by atoms with Crippen LogP contribution in [-0.2, 0) is 10.1 Å². The smallest absolute Gasteiger partial charge is 0.331 e. The second-order valence-corrected chi connectivity index (χ2v) is 5.86. The molecule has 0 spiro atoms. The summed E-state index contributed by atoms with van der Waals surface area (Å²) in [6.45, 7) is 1.66. The molecule has 1 unspecified atom stereocenters. The molecule has 7 nitrogen and oxygen atoms in total. The van der Waals surface area contributed by atoms with E-state index in [4.69, 9.17) is 5.53 Å². The molecule has 1 atom stereocenters. The quantitative estimate of drug-likeness (QED) is 0.371. The minimum Gasteiger partial charge on any atom is -0.377 e. The summed E-state index contributed by atoms with van der Waals surface area (Å²) in [6.07, 6.45) is -0.396. The maximum Gasteiger partial charge on any atom is 0.331 e. The van der Waals surface area contributed by atoms with Gasteiger partial charge in [-0.15, -0.1) is 0 Å². The Morgan fingerprint density at radius 2 is 2.05 bits per heavy atom. The Bertz CT molecular complexity index is 804. The molecule has 110 valence electrons. The van der Waals surface area contributed by atoms with Crippen molar-refractivity contribution in [2.75, 3.05) is 0 Å². The molecule has 2 rings (SSSR count). The van der Waals surface area contributed by atoms with Gasteiger partial charge in [0.05, 0.1) is 5.56 Å². The lowest BCUT2D eigenvalue weighted by atomic mass is 9.91. The molecule has 0 aliphatic heterocycles. The molecule has 0 saturated carbocycles. The first-order valence-corrected chi connectivity index (χ1v) is 7.51. The van der Waals surface area contributed by atoms with Gasteiger partial charge in [-0.25, -0.2) is 0 Å². The number of carbonyl (C=O) groups excluding carboxylic acids is 1. The van der Waals surface area contributed by atoms with Crippen LogP contribution in [0.2, 0.25) is 0 Å². The number of rotatable bonds is 3. The van der Waals surface area contributed by atoms with E-state index in [2.05, 4.69) is 4.79 Å². The zero-order valence-corrected chi connectivity index (χ0v) is 11.8. The number of aliphatic hydroxyl groups excluding tert-OH is 1. The lowest BCUT2D eigenvalue weighted by Gasteiger charge is -2.16. The van der Waals surface area contributed by atoms with Crippen LogP contribution in [0.4, 0.5) is 0 Å². The van der Waals surface area contributed by atoms with Crippen LogP contribution in [0.5, 0.6) is 0 Å². The molecule has 1 aliphatic rings. The van der Waals surface area contributed by atoms with Crippen LogP contribution in [0.1, 0.15) is 34.8 Å². The van der Waals surface area contributed by atoms with Crippen LogP contribution in [0.3, 0.4) is 0 Å². The van der Waals surface area contributed by atoms with Crippen LogP contribution < -0.4 is 0 Å². The van der Waals surface area contributed by atoms with Crippen molar-refractivity contribution in [3.63, 3.8) is 0 Å². The van der Waals surface area contributed by atoms with Gasteiger partial charge >= 0.3 is 5.71 Å². The Hall–Kier alpha value is -2.12. The summed E-state index contributed by atoms with van der Waals surface area (Å²) < 4.78 is 32.1. The molecule has 0 radical (unpaired) electrons. The van der Waals surface area contributed by atoms with Crippen molar-refractivity contribution in [3.05, 3.63) is 46.5 Å². The summed E-state index contributed by atoms with van der Waals surface area (Å²) in [4.78, 5) is 14.1. The van der Waals surface area contributed by atoms with E-state index < -0.39 is 21.1 Å². The molecule has 0 bridgehead atoms. The molecule has 0 aromatic heterocycles. The highest BCUT2D eigenvalue weighted by Crippen LogP contribution is 2.31. The summed E-state index contributed by atoms with van der Waals surface area (Å²) in [7, 11) is -4.60. The third-order valence-electron chi connectivity index (χ3n) is 3.18. The number of hydrogen-bond donors (Lipinski definition) is 2. The number of Topliss-reactive ketones (excluding diaryl/α,β-unsaturated/α-hetero) is 1. The van der Waals surface area contributed by atoms with Crippen LogP contribution >= 0.6 is 0 Å². The molecule has 8 heteroatoms. The zero-order valence-electron chi connectivity index (χ0n) is 11.0. The molecular formula is C13H12N2O5S. The first-order chi connectivity index (χ1) is 9.79. The van der Waals surface area contributed by atoms with Gasteiger partial charge < -0.3 is 10.6 Å². The third-order valence-corrected chi connectivity index (χ3v) is 4.09. The topological polar surface area (TPSA) is 128 Å². The summed E-state index contributed by atoms with van der Waals surface area (Å²) >= 11 is 0. The fraction of sp³-hybridized carbons (Fsp3) is 0.231. The Kier molecular flexibility index (Phi) is 3.89. The summed E-state index contributed by atoms with van der Waals surface area (Å²) in [6, 6.07) is 4.10. The summed E-state index contributed by atoms with van der Waals surface area (Å²) in [5.41, 5.74) is 9.19. The van der Waals surface area contributed by atoms with E-state index in [1.807, 2.05) is 0 Å². The number of carbonyl (C=O) groups is 1. The van der Waals surface area contributed by atoms with E-state index >= 15 is 0 Å². The van der Waals surface area contributed by atoms with E-state index in [9.17, 15) is 22.9 Å². The molecule has 0 saturated heterocycles. The van der Waals surface area contributed by atoms with Crippen molar-refractivity contribution < 1.29 is 27.7 Å². The average molecular weight is 308 g/mol. The Balaban J connectivity index is 2.78. The van der Waals surface area contributed by atoms with Gasteiger partial charge in [0.2, 0.25) is 0 Å². The largest absolute Gasteiger partial charge is 0.377 e. The fourth-order valence-electron chi connectivity index (χ4n) is 2.16. The molecule has 1 aromatic rings. The van der Waals surface area contributed by atoms with E-state index in [-0.39, 0.29) is 34.6 Å². The van der Waals surface area contributed by atoms with Gasteiger partial charge in [0.1, 0.15) is 4.91 Å². The van der Waals surface area contributed by atoms with Crippen LogP contribution in [0, 0.1) is 0 Å². The SMILES string of the molecule is CCC(=O)c1ccc2c(c1)C(S(=O)(=O)O)=CC(O)C2=[N+]=[N-]. The van der Waals surface area contributed by atoms with Gasteiger partial charge in [0, 0.05) is 17.5 Å². The summed E-state index contributed by atoms with van der Waals surface area (Å²) in [5, 5.41) is 9.76. The lowest BCUT2D eigenvalue weighted by Crippen LogP contribution is -2.27. The van der Waals surface area contributed by atoms with Gasteiger partial charge in [-0.1, -0.05) is 13.0 Å². The van der Waals surface area contributed by atoms with Crippen molar-refractivity contribution in [1.29, 1.82) is 0 Å². The van der Waals surface area contributed by atoms with Gasteiger partial charge in [-0.05, 0) is 18.2 Å². The van der Waals surface area contributed by atoms with Crippen LogP contribution in [0.25, 0.3) is 10.4 Å². The summed E-state index contributed by atoms with van der Waals surface area (Å²) in [5.74, 6) is -0.207. The highest BCUT2D eigenvalue weighted by Gasteiger charge is 2.35. The van der Waals surface area contributed by atoms with Crippen molar-refractivity contribution in [3.8, 4) is 0 Å². The predicted molar refractivity (Wildman–Crippen MR) is 74.3 cm³/mol. The molecule has 0 fully saturated rings. The van der Waals surface area contributed by atoms with Gasteiger partial charge in [0.25, 0.3) is 10.1 Å². The lowest BCUT2D eigenvalue weighted by molar-refractivity contribution is -0.0158. The standard InChI is InChI=1S/C13H12N2O5S/c1-2-10(16)7-3-4-8-9(5-7)12(21(18,19)20)6-11(17)13(8)15-14/h3-6,11,17H,2H2,1H3,(H,18,19,20). The number of hydrogen-bond acceptors (Lipinski definition) is 4. The van der Waals surface area contributed by atoms with Gasteiger partial charge in [-0.3, -0.25) is 9.35 Å². The Morgan fingerprint density at radius 1 is 1.38 bits per heavy atom. The molecule has 1 aliphatic carbocycles. The van der Waals surface area contributed by atoms with E-state index in [1.165, 1.54) is 18.2 Å². The van der Waals surface area contributed by atoms with Gasteiger partial charge in [0.15, 0.2) is 11.9 Å². The molecule has 21 heavy (non-hydrogen) atoms. The van der Waals surface area contributed by atoms with E-state index in [0.29, 0.717) is 0 Å². The first-order valence-electron chi connectivity index (χ1n) is 6.07. The van der Waals surface area contributed by atoms with Crippen LogP contribution in [0.15, 0.2) is 24.3 Å². The van der Waals surface area contributed by atoms with E-state index in [0.717, 1.165) is 6.08 Å². The monoisotopic (exact) mass is 308 g/mol. The highest BCUT2D eigenvalue weighted by atomic mass is 32.2. The number of benzene rings is 1. The first kappa shape index (κ1) is 15.3. The highest BCUT2D eigenvalue weighted by molar-refractivity contribution is 7.95. The fourth-order valence-corrected chi connectivity index (χ4v) is 2.91. The average Bonchev–Trinajstić information content (AvgIpc) is 2.44. The van der Waals surface area contributed by atoms with Crippen molar-refractivity contribution >= 4 is 26.5 Å². The minimum absolute atomic E-state index is 0.00917. The molecule has 2 N–H and O–H groups in total. The third kappa shape index (κ3) is 2.70. The second-order valence-electron chi connectivity index (χ2n) is 4.47. The van der Waals surface area contributed by atoms with Crippen molar-refractivity contribution in [2.24, 2.45) is 0 Å². The number of aliphatic hydroxyl groups is 1. The molecular weight excluding hydrogens is 296 g/mol. The minimum atomic E-state index is -4.60. The molecule has 1 aromatic carbocycles. The number of nitrogens with zero attached hydrogens (tertiary/aromatic N) is 2.